The van der Waals surface area contributed by atoms with Gasteiger partial charge in [0, 0.05) is 33.4 Å². The summed E-state index contributed by atoms with van der Waals surface area (Å²) in [4.78, 5) is 16.7. The Morgan fingerprint density at radius 1 is 1.47 bits per heavy atom. The second-order valence-corrected chi connectivity index (χ2v) is 6.22. The molecule has 2 N–H and O–H groups in total. The second kappa shape index (κ2) is 6.20. The fourth-order valence-corrected chi connectivity index (χ4v) is 3.22. The van der Waals surface area contributed by atoms with Crippen molar-refractivity contribution in [3.8, 4) is 0 Å². The minimum Gasteiger partial charge on any atom is -0.381 e. The molecule has 1 atom stereocenters. The third-order valence-corrected chi connectivity index (χ3v) is 4.41. The molecule has 0 saturated carbocycles. The van der Waals surface area contributed by atoms with Gasteiger partial charge >= 0.3 is 0 Å². The lowest BCUT2D eigenvalue weighted by Crippen LogP contribution is -2.58. The predicted octanol–water partition coefficient (Wildman–Crippen LogP) is 0.295. The van der Waals surface area contributed by atoms with Crippen molar-refractivity contribution in [1.29, 1.82) is 0 Å². The van der Waals surface area contributed by atoms with Crippen molar-refractivity contribution in [1.82, 2.24) is 9.80 Å². The largest absolute Gasteiger partial charge is 0.381 e. The van der Waals surface area contributed by atoms with Crippen LogP contribution in [-0.2, 0) is 9.53 Å². The van der Waals surface area contributed by atoms with Gasteiger partial charge in [0.1, 0.15) is 0 Å². The van der Waals surface area contributed by atoms with Crippen LogP contribution in [0.15, 0.2) is 0 Å². The molecule has 2 heterocycles. The molecule has 0 aliphatic carbocycles. The fraction of sp³-hybridized carbons (Fsp3) is 0.929. The smallest absolute Gasteiger partial charge is 0.242 e. The average Bonchev–Trinajstić information content (AvgIpc) is 2.38. The molecule has 0 radical (unpaired) electrons. The fourth-order valence-electron chi connectivity index (χ4n) is 3.22. The number of carbonyl (C=O) groups excluding carboxylic acids is 1. The number of hydrogen-bond donors (Lipinski definition) is 1. The van der Waals surface area contributed by atoms with E-state index in [1.54, 1.807) is 0 Å². The molecule has 0 aromatic carbocycles. The van der Waals surface area contributed by atoms with E-state index in [2.05, 4.69) is 11.9 Å². The van der Waals surface area contributed by atoms with E-state index in [4.69, 9.17) is 10.5 Å². The number of piperidine rings is 1. The lowest BCUT2D eigenvalue weighted by atomic mass is 9.89. The molecule has 5 nitrogen and oxygen atoms in total. The van der Waals surface area contributed by atoms with Crippen LogP contribution in [0.4, 0.5) is 0 Å². The first-order chi connectivity index (χ1) is 9.01. The zero-order valence-electron chi connectivity index (χ0n) is 12.2. The molecule has 2 saturated heterocycles. The first-order valence-corrected chi connectivity index (χ1v) is 7.32. The Morgan fingerprint density at radius 3 is 2.79 bits per heavy atom. The molecule has 0 aromatic heterocycles. The van der Waals surface area contributed by atoms with Crippen LogP contribution >= 0.6 is 0 Å². The molecule has 1 amide bonds. The Hall–Kier alpha value is -0.650. The highest BCUT2D eigenvalue weighted by Gasteiger charge is 2.38. The molecule has 110 valence electrons. The van der Waals surface area contributed by atoms with E-state index in [1.807, 2.05) is 11.9 Å². The Bertz CT molecular complexity index is 316. The number of carbonyl (C=O) groups is 1. The highest BCUT2D eigenvalue weighted by molar-refractivity contribution is 5.86. The van der Waals surface area contributed by atoms with Crippen LogP contribution in [0.25, 0.3) is 0 Å². The van der Waals surface area contributed by atoms with E-state index < -0.39 is 5.54 Å². The van der Waals surface area contributed by atoms with Gasteiger partial charge in [-0.2, -0.15) is 0 Å². The predicted molar refractivity (Wildman–Crippen MR) is 74.8 cm³/mol. The van der Waals surface area contributed by atoms with Crippen molar-refractivity contribution in [2.24, 2.45) is 11.7 Å². The molecule has 1 unspecified atom stereocenters. The van der Waals surface area contributed by atoms with E-state index in [1.165, 1.54) is 19.4 Å². The van der Waals surface area contributed by atoms with Gasteiger partial charge in [-0.05, 0) is 45.2 Å². The number of hydrogen-bond acceptors (Lipinski definition) is 4. The standard InChI is InChI=1S/C14H27N3O2/c1-16-7-3-4-12(10-16)11-17(2)13(18)14(15)5-8-19-9-6-14/h12H,3-11,15H2,1-2H3. The van der Waals surface area contributed by atoms with Crippen molar-refractivity contribution in [3.63, 3.8) is 0 Å². The number of ether oxygens (including phenoxy) is 1. The van der Waals surface area contributed by atoms with Crippen LogP contribution in [0, 0.1) is 5.92 Å². The quantitative estimate of drug-likeness (QED) is 0.800. The first kappa shape index (κ1) is 14.8. The monoisotopic (exact) mass is 269 g/mol. The second-order valence-electron chi connectivity index (χ2n) is 6.22. The molecule has 0 aromatic rings. The van der Waals surface area contributed by atoms with Gasteiger partial charge in [0.05, 0.1) is 5.54 Å². The number of likely N-dealkylation sites (tertiary alicyclic amines) is 1. The van der Waals surface area contributed by atoms with Gasteiger partial charge < -0.3 is 20.3 Å². The summed E-state index contributed by atoms with van der Waals surface area (Å²) in [6, 6.07) is 0. The summed E-state index contributed by atoms with van der Waals surface area (Å²) in [6.07, 6.45) is 3.72. The van der Waals surface area contributed by atoms with E-state index in [0.717, 1.165) is 13.1 Å². The van der Waals surface area contributed by atoms with E-state index >= 15 is 0 Å². The average molecular weight is 269 g/mol. The van der Waals surface area contributed by atoms with Gasteiger partial charge in [0.25, 0.3) is 0 Å². The molecule has 5 heteroatoms. The Labute approximate surface area is 116 Å². The summed E-state index contributed by atoms with van der Waals surface area (Å²) in [6.45, 7) is 4.28. The molecule has 2 rings (SSSR count). The van der Waals surface area contributed by atoms with Crippen molar-refractivity contribution >= 4 is 5.91 Å². The van der Waals surface area contributed by atoms with E-state index in [9.17, 15) is 4.79 Å². The van der Waals surface area contributed by atoms with Crippen molar-refractivity contribution in [3.05, 3.63) is 0 Å². The number of nitrogens with two attached hydrogens (primary N) is 1. The molecule has 2 fully saturated rings. The van der Waals surface area contributed by atoms with E-state index in [0.29, 0.717) is 32.0 Å². The van der Waals surface area contributed by atoms with Crippen LogP contribution in [0.3, 0.4) is 0 Å². The Morgan fingerprint density at radius 2 is 2.16 bits per heavy atom. The van der Waals surface area contributed by atoms with Gasteiger partial charge in [-0.25, -0.2) is 0 Å². The summed E-state index contributed by atoms with van der Waals surface area (Å²) < 4.78 is 5.30. The SMILES string of the molecule is CN1CCCC(CN(C)C(=O)C2(N)CCOCC2)C1. The summed E-state index contributed by atoms with van der Waals surface area (Å²) in [5.41, 5.74) is 5.55. The third kappa shape index (κ3) is 3.68. The summed E-state index contributed by atoms with van der Waals surface area (Å²) >= 11 is 0. The number of amides is 1. The van der Waals surface area contributed by atoms with Crippen molar-refractivity contribution < 1.29 is 9.53 Å². The number of rotatable bonds is 3. The summed E-state index contributed by atoms with van der Waals surface area (Å²) in [5, 5.41) is 0. The topological polar surface area (TPSA) is 58.8 Å². The lowest BCUT2D eigenvalue weighted by Gasteiger charge is -2.38. The van der Waals surface area contributed by atoms with Gasteiger partial charge in [-0.3, -0.25) is 4.79 Å². The lowest BCUT2D eigenvalue weighted by molar-refractivity contribution is -0.140. The number of nitrogens with zero attached hydrogens (tertiary/aromatic N) is 2. The molecular formula is C14H27N3O2. The Kier molecular flexibility index (Phi) is 4.81. The maximum atomic E-state index is 12.5. The summed E-state index contributed by atoms with van der Waals surface area (Å²) in [7, 11) is 4.04. The van der Waals surface area contributed by atoms with Gasteiger partial charge in [0.2, 0.25) is 5.91 Å². The summed E-state index contributed by atoms with van der Waals surface area (Å²) in [5.74, 6) is 0.667. The molecular weight excluding hydrogens is 242 g/mol. The number of likely N-dealkylation sites (N-methyl/N-ethyl adjacent to an activating group) is 1. The minimum atomic E-state index is -0.701. The highest BCUT2D eigenvalue weighted by atomic mass is 16.5. The first-order valence-electron chi connectivity index (χ1n) is 7.32. The zero-order chi connectivity index (χ0) is 13.9. The highest BCUT2D eigenvalue weighted by Crippen LogP contribution is 2.22. The molecule has 0 spiro atoms. The molecule has 2 aliphatic rings. The van der Waals surface area contributed by atoms with Gasteiger partial charge in [-0.1, -0.05) is 0 Å². The zero-order valence-corrected chi connectivity index (χ0v) is 12.2. The van der Waals surface area contributed by atoms with Crippen molar-refractivity contribution in [2.75, 3.05) is 46.9 Å². The van der Waals surface area contributed by atoms with Crippen LogP contribution < -0.4 is 5.73 Å². The van der Waals surface area contributed by atoms with Crippen LogP contribution in [0.5, 0.6) is 0 Å². The van der Waals surface area contributed by atoms with Crippen LogP contribution in [-0.4, -0.2) is 68.2 Å². The van der Waals surface area contributed by atoms with Crippen LogP contribution in [0.2, 0.25) is 0 Å². The molecule has 19 heavy (non-hydrogen) atoms. The van der Waals surface area contributed by atoms with Gasteiger partial charge in [-0.15, -0.1) is 0 Å². The minimum absolute atomic E-state index is 0.0871. The third-order valence-electron chi connectivity index (χ3n) is 4.41. The van der Waals surface area contributed by atoms with Crippen LogP contribution in [0.1, 0.15) is 25.7 Å². The normalized spacial score (nSPS) is 28.1. The van der Waals surface area contributed by atoms with E-state index in [-0.39, 0.29) is 5.91 Å². The molecule has 2 aliphatic heterocycles. The Balaban J connectivity index is 1.87. The van der Waals surface area contributed by atoms with Crippen molar-refractivity contribution in [2.45, 2.75) is 31.2 Å². The maximum Gasteiger partial charge on any atom is 0.242 e. The van der Waals surface area contributed by atoms with Gasteiger partial charge in [0.15, 0.2) is 0 Å². The maximum absolute atomic E-state index is 12.5. The molecule has 0 bridgehead atoms.